The zero-order valence-corrected chi connectivity index (χ0v) is 17.0. The monoisotopic (exact) mass is 417 g/mol. The number of rotatable bonds is 4. The Labute approximate surface area is 179 Å². The minimum Gasteiger partial charge on any atom is -0.443 e. The van der Waals surface area contributed by atoms with Crippen LogP contribution in [0.15, 0.2) is 71.4 Å². The van der Waals surface area contributed by atoms with E-state index in [0.717, 1.165) is 34.9 Å². The highest BCUT2D eigenvalue weighted by Crippen LogP contribution is 2.34. The fourth-order valence-corrected chi connectivity index (χ4v) is 4.31. The van der Waals surface area contributed by atoms with Gasteiger partial charge in [-0.05, 0) is 42.0 Å². The van der Waals surface area contributed by atoms with Gasteiger partial charge in [0.1, 0.15) is 17.5 Å². The van der Waals surface area contributed by atoms with Crippen molar-refractivity contribution in [3.05, 3.63) is 94.9 Å². The van der Waals surface area contributed by atoms with Crippen LogP contribution in [0.4, 0.5) is 0 Å². The van der Waals surface area contributed by atoms with E-state index in [-0.39, 0.29) is 11.9 Å². The number of oxazole rings is 1. The van der Waals surface area contributed by atoms with Crippen LogP contribution < -0.4 is 0 Å². The highest BCUT2D eigenvalue weighted by Gasteiger charge is 2.35. The lowest BCUT2D eigenvalue weighted by molar-refractivity contribution is 0.0711. The highest BCUT2D eigenvalue weighted by molar-refractivity contribution is 6.30. The van der Waals surface area contributed by atoms with Crippen LogP contribution in [0.5, 0.6) is 0 Å². The molecule has 1 atom stereocenters. The first-order valence-electron chi connectivity index (χ1n) is 10.0. The molecule has 1 aliphatic heterocycles. The molecule has 4 aromatic rings. The van der Waals surface area contributed by atoms with E-state index in [1.807, 2.05) is 59.5 Å². The molecule has 2 aromatic carbocycles. The summed E-state index contributed by atoms with van der Waals surface area (Å²) in [6.07, 6.45) is 5.78. The van der Waals surface area contributed by atoms with Gasteiger partial charge in [-0.15, -0.1) is 0 Å². The number of amides is 1. The van der Waals surface area contributed by atoms with Crippen molar-refractivity contribution in [2.24, 2.45) is 0 Å². The predicted molar refractivity (Wildman–Crippen MR) is 116 cm³/mol. The Bertz CT molecular complexity index is 1210. The van der Waals surface area contributed by atoms with E-state index in [0.29, 0.717) is 29.6 Å². The van der Waals surface area contributed by atoms with Crippen LogP contribution in [0.25, 0.3) is 10.8 Å². The number of hydrogen-bond donors (Lipinski definition) is 0. The van der Waals surface area contributed by atoms with Crippen LogP contribution >= 0.6 is 11.6 Å². The number of likely N-dealkylation sites (tertiary alicyclic amines) is 1. The molecule has 6 heteroatoms. The topological polar surface area (TPSA) is 59.2 Å². The van der Waals surface area contributed by atoms with E-state index >= 15 is 0 Å². The summed E-state index contributed by atoms with van der Waals surface area (Å²) in [4.78, 5) is 24.1. The normalized spacial score (nSPS) is 16.3. The first-order chi connectivity index (χ1) is 14.7. The molecule has 0 saturated carbocycles. The smallest absolute Gasteiger partial charge is 0.273 e. The summed E-state index contributed by atoms with van der Waals surface area (Å²) >= 11 is 6.08. The van der Waals surface area contributed by atoms with Gasteiger partial charge in [0.15, 0.2) is 0 Å². The number of fused-ring (bicyclic) bond motifs is 1. The standard InChI is InChI=1S/C24H20ClN3O2/c25-18-7-3-5-16(13-18)14-19-15-27-23(30-19)21-9-4-12-28(21)24(29)22-20-8-2-1-6-17(20)10-11-26-22/h1-3,5-8,10-11,13,15,21H,4,9,12,14H2/t21-/m0/s1. The predicted octanol–water partition coefficient (Wildman–Crippen LogP) is 5.44. The molecule has 5 rings (SSSR count). The Kier molecular flexibility index (Phi) is 4.97. The summed E-state index contributed by atoms with van der Waals surface area (Å²) in [7, 11) is 0. The summed E-state index contributed by atoms with van der Waals surface area (Å²) in [5, 5.41) is 2.57. The first-order valence-corrected chi connectivity index (χ1v) is 10.4. The number of carbonyl (C=O) groups excluding carboxylic acids is 1. The van der Waals surface area contributed by atoms with Crippen molar-refractivity contribution in [2.45, 2.75) is 25.3 Å². The average molecular weight is 418 g/mol. The maximum Gasteiger partial charge on any atom is 0.273 e. The minimum absolute atomic E-state index is 0.0797. The molecule has 5 nitrogen and oxygen atoms in total. The lowest BCUT2D eigenvalue weighted by Crippen LogP contribution is -2.31. The molecule has 1 fully saturated rings. The molecule has 3 heterocycles. The van der Waals surface area contributed by atoms with E-state index in [4.69, 9.17) is 16.0 Å². The SMILES string of the molecule is O=C(c1nccc2ccccc12)N1CCC[C@H]1c1ncc(Cc2cccc(Cl)c2)o1. The number of halogens is 1. The molecular formula is C24H20ClN3O2. The molecule has 150 valence electrons. The molecule has 1 saturated heterocycles. The van der Waals surface area contributed by atoms with Gasteiger partial charge in [0.05, 0.1) is 6.20 Å². The number of aromatic nitrogens is 2. The van der Waals surface area contributed by atoms with Gasteiger partial charge in [0.25, 0.3) is 5.91 Å². The third-order valence-corrected chi connectivity index (χ3v) is 5.75. The first kappa shape index (κ1) is 18.8. The van der Waals surface area contributed by atoms with Crippen LogP contribution in [0.3, 0.4) is 0 Å². The van der Waals surface area contributed by atoms with Crippen molar-refractivity contribution in [1.82, 2.24) is 14.9 Å². The maximum absolute atomic E-state index is 13.4. The quantitative estimate of drug-likeness (QED) is 0.443. The van der Waals surface area contributed by atoms with Crippen LogP contribution in [0, 0.1) is 0 Å². The van der Waals surface area contributed by atoms with Gasteiger partial charge in [-0.3, -0.25) is 9.78 Å². The van der Waals surface area contributed by atoms with Crippen LogP contribution in [0.2, 0.25) is 5.02 Å². The minimum atomic E-state index is -0.175. The van der Waals surface area contributed by atoms with Gasteiger partial charge in [-0.2, -0.15) is 0 Å². The summed E-state index contributed by atoms with van der Waals surface area (Å²) in [6, 6.07) is 17.3. The summed E-state index contributed by atoms with van der Waals surface area (Å²) in [6.45, 7) is 0.667. The molecule has 0 aliphatic carbocycles. The second kappa shape index (κ2) is 7.92. The van der Waals surface area contributed by atoms with Crippen LogP contribution in [-0.4, -0.2) is 27.3 Å². The van der Waals surface area contributed by atoms with Crippen molar-refractivity contribution in [1.29, 1.82) is 0 Å². The Morgan fingerprint density at radius 3 is 2.93 bits per heavy atom. The summed E-state index contributed by atoms with van der Waals surface area (Å²) in [5.41, 5.74) is 1.54. The summed E-state index contributed by atoms with van der Waals surface area (Å²) in [5.74, 6) is 1.26. The van der Waals surface area contributed by atoms with Crippen molar-refractivity contribution in [3.63, 3.8) is 0 Å². The lowest BCUT2D eigenvalue weighted by Gasteiger charge is -2.22. The molecule has 0 bridgehead atoms. The van der Waals surface area contributed by atoms with E-state index in [1.165, 1.54) is 0 Å². The van der Waals surface area contributed by atoms with E-state index in [2.05, 4.69) is 9.97 Å². The molecule has 1 amide bonds. The molecule has 2 aromatic heterocycles. The van der Waals surface area contributed by atoms with Crippen LogP contribution in [0.1, 0.15) is 46.6 Å². The average Bonchev–Trinajstić information content (AvgIpc) is 3.42. The Morgan fingerprint density at radius 2 is 2.03 bits per heavy atom. The number of pyridine rings is 1. The highest BCUT2D eigenvalue weighted by atomic mass is 35.5. The molecular weight excluding hydrogens is 398 g/mol. The molecule has 0 spiro atoms. The molecule has 30 heavy (non-hydrogen) atoms. The fourth-order valence-electron chi connectivity index (χ4n) is 4.10. The van der Waals surface area contributed by atoms with Gasteiger partial charge in [0.2, 0.25) is 5.89 Å². The zero-order valence-electron chi connectivity index (χ0n) is 16.3. The molecule has 0 unspecified atom stereocenters. The maximum atomic E-state index is 13.4. The Balaban J connectivity index is 1.40. The third kappa shape index (κ3) is 3.57. The fraction of sp³-hybridized carbons (Fsp3) is 0.208. The van der Waals surface area contributed by atoms with Gasteiger partial charge in [0, 0.05) is 29.6 Å². The summed E-state index contributed by atoms with van der Waals surface area (Å²) < 4.78 is 6.05. The number of carbonyl (C=O) groups is 1. The number of nitrogens with zero attached hydrogens (tertiary/aromatic N) is 3. The second-order valence-electron chi connectivity index (χ2n) is 7.51. The molecule has 0 radical (unpaired) electrons. The van der Waals surface area contributed by atoms with Crippen molar-refractivity contribution >= 4 is 28.3 Å². The molecule has 0 N–H and O–H groups in total. The molecule has 1 aliphatic rings. The number of hydrogen-bond acceptors (Lipinski definition) is 4. The Hall–Kier alpha value is -3.18. The van der Waals surface area contributed by atoms with Crippen LogP contribution in [-0.2, 0) is 6.42 Å². The number of benzene rings is 2. The van der Waals surface area contributed by atoms with E-state index < -0.39 is 0 Å². The van der Waals surface area contributed by atoms with Gasteiger partial charge in [-0.25, -0.2) is 4.98 Å². The van der Waals surface area contributed by atoms with Gasteiger partial charge < -0.3 is 9.32 Å². The van der Waals surface area contributed by atoms with E-state index in [9.17, 15) is 4.79 Å². The zero-order chi connectivity index (χ0) is 20.5. The Morgan fingerprint density at radius 1 is 1.13 bits per heavy atom. The lowest BCUT2D eigenvalue weighted by atomic mass is 10.1. The largest absolute Gasteiger partial charge is 0.443 e. The van der Waals surface area contributed by atoms with Gasteiger partial charge in [-0.1, -0.05) is 48.0 Å². The second-order valence-corrected chi connectivity index (χ2v) is 7.95. The van der Waals surface area contributed by atoms with Gasteiger partial charge >= 0.3 is 0 Å². The van der Waals surface area contributed by atoms with Crippen molar-refractivity contribution < 1.29 is 9.21 Å². The van der Waals surface area contributed by atoms with Crippen molar-refractivity contribution in [2.75, 3.05) is 6.54 Å². The third-order valence-electron chi connectivity index (χ3n) is 5.51. The van der Waals surface area contributed by atoms with E-state index in [1.54, 1.807) is 12.4 Å². The van der Waals surface area contributed by atoms with Crippen molar-refractivity contribution in [3.8, 4) is 0 Å².